The quantitative estimate of drug-likeness (QED) is 0.459. The van der Waals surface area contributed by atoms with E-state index in [0.717, 1.165) is 11.4 Å². The number of rotatable bonds is 6. The first-order valence-corrected chi connectivity index (χ1v) is 9.86. The van der Waals surface area contributed by atoms with Crippen molar-refractivity contribution in [1.82, 2.24) is 19.7 Å². The standard InChI is InChI=1S/C23H22N6O3/c1-15-16(2)29(14-24-15)21-11-12-22(28-27-21)32-19-9-7-17(8-10-19)25-23(30)26-18-5-4-6-20(13-18)31-3/h4-14H,1-3H3,(H2,25,26,30). The van der Waals surface area contributed by atoms with Gasteiger partial charge in [-0.25, -0.2) is 9.78 Å². The summed E-state index contributed by atoms with van der Waals surface area (Å²) in [4.78, 5) is 16.5. The van der Waals surface area contributed by atoms with Crippen molar-refractivity contribution in [1.29, 1.82) is 0 Å². The molecule has 0 atom stereocenters. The van der Waals surface area contributed by atoms with Gasteiger partial charge in [0.05, 0.1) is 12.8 Å². The van der Waals surface area contributed by atoms with Crippen LogP contribution in [0.4, 0.5) is 16.2 Å². The van der Waals surface area contributed by atoms with Gasteiger partial charge in [0.2, 0.25) is 5.88 Å². The number of imidazole rings is 1. The first kappa shape index (κ1) is 20.9. The van der Waals surface area contributed by atoms with Crippen molar-refractivity contribution in [2.75, 3.05) is 17.7 Å². The monoisotopic (exact) mass is 430 g/mol. The van der Waals surface area contributed by atoms with Gasteiger partial charge in [-0.15, -0.1) is 10.2 Å². The summed E-state index contributed by atoms with van der Waals surface area (Å²) in [5, 5.41) is 13.9. The lowest BCUT2D eigenvalue weighted by Crippen LogP contribution is -2.19. The molecular weight excluding hydrogens is 408 g/mol. The van der Waals surface area contributed by atoms with E-state index in [9.17, 15) is 4.79 Å². The van der Waals surface area contributed by atoms with Gasteiger partial charge in [0, 0.05) is 29.2 Å². The lowest BCUT2D eigenvalue weighted by atomic mass is 10.3. The number of benzene rings is 2. The van der Waals surface area contributed by atoms with E-state index in [1.807, 2.05) is 24.5 Å². The lowest BCUT2D eigenvalue weighted by Gasteiger charge is -2.10. The maximum absolute atomic E-state index is 12.2. The van der Waals surface area contributed by atoms with Crippen molar-refractivity contribution in [3.8, 4) is 23.2 Å². The zero-order valence-electron chi connectivity index (χ0n) is 17.9. The maximum atomic E-state index is 12.2. The molecule has 4 rings (SSSR count). The Morgan fingerprint density at radius 3 is 2.34 bits per heavy atom. The first-order chi connectivity index (χ1) is 15.5. The molecule has 0 aliphatic carbocycles. The van der Waals surface area contributed by atoms with E-state index in [2.05, 4.69) is 25.8 Å². The molecule has 0 saturated heterocycles. The van der Waals surface area contributed by atoms with E-state index in [1.54, 1.807) is 68.0 Å². The number of carbonyl (C=O) groups excluding carboxylic acids is 1. The van der Waals surface area contributed by atoms with E-state index in [0.29, 0.717) is 34.6 Å². The third-order valence-corrected chi connectivity index (χ3v) is 4.79. The molecule has 32 heavy (non-hydrogen) atoms. The van der Waals surface area contributed by atoms with Crippen molar-refractivity contribution in [2.45, 2.75) is 13.8 Å². The molecule has 0 aliphatic rings. The molecule has 0 aliphatic heterocycles. The summed E-state index contributed by atoms with van der Waals surface area (Å²) in [5.41, 5.74) is 3.19. The Morgan fingerprint density at radius 2 is 1.69 bits per heavy atom. The summed E-state index contributed by atoms with van der Waals surface area (Å²) in [7, 11) is 1.57. The number of amides is 2. The van der Waals surface area contributed by atoms with Gasteiger partial charge in [0.1, 0.15) is 17.8 Å². The Hall–Kier alpha value is -4.40. The molecule has 0 saturated carbocycles. The van der Waals surface area contributed by atoms with E-state index in [1.165, 1.54) is 0 Å². The van der Waals surface area contributed by atoms with Gasteiger partial charge in [-0.2, -0.15) is 0 Å². The van der Waals surface area contributed by atoms with Crippen LogP contribution in [0.5, 0.6) is 17.4 Å². The number of aryl methyl sites for hydroxylation is 1. The Bertz CT molecular complexity index is 1220. The summed E-state index contributed by atoms with van der Waals surface area (Å²) in [5.74, 6) is 2.26. The van der Waals surface area contributed by atoms with Crippen molar-refractivity contribution in [3.05, 3.63) is 78.4 Å². The first-order valence-electron chi connectivity index (χ1n) is 9.86. The lowest BCUT2D eigenvalue weighted by molar-refractivity contribution is 0.262. The Kier molecular flexibility index (Phi) is 5.98. The van der Waals surface area contributed by atoms with Crippen LogP contribution in [0.1, 0.15) is 11.4 Å². The van der Waals surface area contributed by atoms with Crippen molar-refractivity contribution in [3.63, 3.8) is 0 Å². The minimum atomic E-state index is -0.363. The highest BCUT2D eigenvalue weighted by molar-refractivity contribution is 5.99. The van der Waals surface area contributed by atoms with Crippen LogP contribution >= 0.6 is 0 Å². The molecule has 9 nitrogen and oxygen atoms in total. The number of aromatic nitrogens is 4. The second-order valence-electron chi connectivity index (χ2n) is 6.95. The van der Waals surface area contributed by atoms with Crippen LogP contribution in [0.2, 0.25) is 0 Å². The van der Waals surface area contributed by atoms with Gasteiger partial charge >= 0.3 is 6.03 Å². The molecule has 0 fully saturated rings. The number of hydrogen-bond acceptors (Lipinski definition) is 6. The van der Waals surface area contributed by atoms with E-state index in [4.69, 9.17) is 9.47 Å². The fourth-order valence-corrected chi connectivity index (χ4v) is 2.95. The second-order valence-corrected chi connectivity index (χ2v) is 6.95. The van der Waals surface area contributed by atoms with Crippen LogP contribution < -0.4 is 20.1 Å². The van der Waals surface area contributed by atoms with Crippen LogP contribution in [0, 0.1) is 13.8 Å². The van der Waals surface area contributed by atoms with Gasteiger partial charge in [0.15, 0.2) is 5.82 Å². The Balaban J connectivity index is 1.35. The minimum absolute atomic E-state index is 0.361. The zero-order chi connectivity index (χ0) is 22.5. The molecule has 0 unspecified atom stereocenters. The highest BCUT2D eigenvalue weighted by Crippen LogP contribution is 2.22. The predicted octanol–water partition coefficient (Wildman–Crippen LogP) is 4.72. The largest absolute Gasteiger partial charge is 0.497 e. The normalized spacial score (nSPS) is 10.5. The molecule has 2 N–H and O–H groups in total. The highest BCUT2D eigenvalue weighted by Gasteiger charge is 2.08. The fourth-order valence-electron chi connectivity index (χ4n) is 2.95. The number of ether oxygens (including phenoxy) is 2. The van der Waals surface area contributed by atoms with Gasteiger partial charge in [-0.05, 0) is 56.3 Å². The smallest absolute Gasteiger partial charge is 0.323 e. The molecule has 2 aromatic carbocycles. The molecule has 2 aromatic heterocycles. The van der Waals surface area contributed by atoms with E-state index in [-0.39, 0.29) is 6.03 Å². The summed E-state index contributed by atoms with van der Waals surface area (Å²) < 4.78 is 12.8. The molecule has 0 bridgehead atoms. The topological polar surface area (TPSA) is 103 Å². The van der Waals surface area contributed by atoms with Crippen LogP contribution in [-0.4, -0.2) is 32.9 Å². The van der Waals surface area contributed by atoms with Crippen molar-refractivity contribution < 1.29 is 14.3 Å². The number of anilines is 2. The highest BCUT2D eigenvalue weighted by atomic mass is 16.5. The molecule has 0 radical (unpaired) electrons. The summed E-state index contributed by atoms with van der Waals surface area (Å²) >= 11 is 0. The third kappa shape index (κ3) is 4.84. The molecule has 0 spiro atoms. The zero-order valence-corrected chi connectivity index (χ0v) is 17.9. The van der Waals surface area contributed by atoms with Crippen molar-refractivity contribution in [2.24, 2.45) is 0 Å². The van der Waals surface area contributed by atoms with Gasteiger partial charge in [-0.1, -0.05) is 6.07 Å². The SMILES string of the molecule is COc1cccc(NC(=O)Nc2ccc(Oc3ccc(-n4cnc(C)c4C)nn3)cc2)c1. The average Bonchev–Trinajstić information content (AvgIpc) is 3.14. The summed E-state index contributed by atoms with van der Waals surface area (Å²) in [6.07, 6.45) is 1.71. The average molecular weight is 430 g/mol. The number of carbonyl (C=O) groups is 1. The van der Waals surface area contributed by atoms with Crippen LogP contribution in [-0.2, 0) is 0 Å². The maximum Gasteiger partial charge on any atom is 0.323 e. The van der Waals surface area contributed by atoms with Crippen molar-refractivity contribution >= 4 is 17.4 Å². The second kappa shape index (κ2) is 9.17. The van der Waals surface area contributed by atoms with E-state index >= 15 is 0 Å². The predicted molar refractivity (Wildman–Crippen MR) is 121 cm³/mol. The number of nitrogens with zero attached hydrogens (tertiary/aromatic N) is 4. The third-order valence-electron chi connectivity index (χ3n) is 4.79. The fraction of sp³-hybridized carbons (Fsp3) is 0.130. The molecule has 4 aromatic rings. The number of methoxy groups -OCH3 is 1. The molecule has 9 heteroatoms. The molecule has 2 heterocycles. The summed E-state index contributed by atoms with van der Waals surface area (Å²) in [6, 6.07) is 17.3. The number of hydrogen-bond donors (Lipinski definition) is 2. The molecule has 162 valence electrons. The van der Waals surface area contributed by atoms with Crippen LogP contribution in [0.3, 0.4) is 0 Å². The van der Waals surface area contributed by atoms with Gasteiger partial charge < -0.3 is 20.1 Å². The molecular formula is C23H22N6O3. The number of nitrogens with one attached hydrogen (secondary N) is 2. The van der Waals surface area contributed by atoms with Crippen LogP contribution in [0.25, 0.3) is 5.82 Å². The number of urea groups is 1. The van der Waals surface area contributed by atoms with E-state index < -0.39 is 0 Å². The Morgan fingerprint density at radius 1 is 0.906 bits per heavy atom. The Labute approximate surface area is 185 Å². The molecule has 2 amide bonds. The summed E-state index contributed by atoms with van der Waals surface area (Å²) in [6.45, 7) is 3.92. The van der Waals surface area contributed by atoms with Gasteiger partial charge in [-0.3, -0.25) is 4.57 Å². The van der Waals surface area contributed by atoms with Gasteiger partial charge in [0.25, 0.3) is 0 Å². The minimum Gasteiger partial charge on any atom is -0.497 e. The van der Waals surface area contributed by atoms with Crippen LogP contribution in [0.15, 0.2) is 67.0 Å².